The van der Waals surface area contributed by atoms with Gasteiger partial charge in [0.25, 0.3) is 0 Å². The highest BCUT2D eigenvalue weighted by molar-refractivity contribution is 7.17. The van der Waals surface area contributed by atoms with Gasteiger partial charge in [-0.15, -0.1) is 22.7 Å². The van der Waals surface area contributed by atoms with E-state index < -0.39 is 33.9 Å². The van der Waals surface area contributed by atoms with Crippen molar-refractivity contribution < 1.29 is 33.3 Å². The Labute approximate surface area is 244 Å². The van der Waals surface area contributed by atoms with E-state index in [2.05, 4.69) is 44.0 Å². The van der Waals surface area contributed by atoms with Gasteiger partial charge in [-0.05, 0) is 41.0 Å². The zero-order valence-electron chi connectivity index (χ0n) is 24.2. The van der Waals surface area contributed by atoms with E-state index in [1.54, 1.807) is 38.0 Å². The Morgan fingerprint density at radius 2 is 1.45 bits per heavy atom. The number of carbonyl (C=O) groups is 2. The second-order valence-corrected chi connectivity index (χ2v) is 25.0. The van der Waals surface area contributed by atoms with Crippen LogP contribution >= 0.6 is 22.7 Å². The molecule has 1 N–H and O–H groups in total. The smallest absolute Gasteiger partial charge is 0.357 e. The number of aromatic nitrogens is 2. The summed E-state index contributed by atoms with van der Waals surface area (Å²) >= 11 is 2.82. The minimum atomic E-state index is -1.17. The number of fused-ring (bicyclic) bond motifs is 2. The summed E-state index contributed by atoms with van der Waals surface area (Å²) < 4.78 is 35.0. The summed E-state index contributed by atoms with van der Waals surface area (Å²) in [6, 6.07) is 7.55. The van der Waals surface area contributed by atoms with Crippen LogP contribution in [0.25, 0.3) is 20.4 Å². The highest BCUT2D eigenvalue weighted by Crippen LogP contribution is 2.30. The van der Waals surface area contributed by atoms with E-state index in [1.807, 2.05) is 11.4 Å². The van der Waals surface area contributed by atoms with Crippen molar-refractivity contribution in [2.75, 3.05) is 20.3 Å². The molecule has 4 aromatic rings. The second-order valence-electron chi connectivity index (χ2n) is 11.8. The van der Waals surface area contributed by atoms with Gasteiger partial charge in [-0.2, -0.15) is 0 Å². The molecule has 4 heterocycles. The number of methoxy groups -OCH3 is 1. The van der Waals surface area contributed by atoms with E-state index in [4.69, 9.17) is 9.47 Å². The van der Waals surface area contributed by atoms with Crippen molar-refractivity contribution in [2.45, 2.75) is 64.8 Å². The fourth-order valence-electron chi connectivity index (χ4n) is 3.82. The van der Waals surface area contributed by atoms with Crippen LogP contribution in [-0.4, -0.2) is 62.7 Å². The van der Waals surface area contributed by atoms with Crippen molar-refractivity contribution in [1.82, 2.24) is 9.13 Å². The first-order valence-corrected chi connectivity index (χ1v) is 22.2. The van der Waals surface area contributed by atoms with E-state index in [-0.39, 0.29) is 12.4 Å². The van der Waals surface area contributed by atoms with Gasteiger partial charge in [-0.3, -0.25) is 0 Å². The molecule has 4 rings (SSSR count). The van der Waals surface area contributed by atoms with Gasteiger partial charge in [-0.25, -0.2) is 14.0 Å². The summed E-state index contributed by atoms with van der Waals surface area (Å²) in [5.41, 5.74) is 1.85. The summed E-state index contributed by atoms with van der Waals surface area (Å²) in [4.78, 5) is 23.0. The van der Waals surface area contributed by atoms with Gasteiger partial charge in [-0.1, -0.05) is 39.3 Å². The number of thiophene rings is 2. The van der Waals surface area contributed by atoms with Crippen LogP contribution < -0.4 is 0 Å². The summed E-state index contributed by atoms with van der Waals surface area (Å²) in [5.74, 6) is -2.11. The van der Waals surface area contributed by atoms with Crippen LogP contribution in [0.15, 0.2) is 29.0 Å². The molecule has 0 aliphatic heterocycles. The molecule has 8 nitrogen and oxygen atoms in total. The number of carbonyl (C=O) groups excluding carboxylic acids is 1. The third-order valence-corrected chi connectivity index (χ3v) is 11.3. The summed E-state index contributed by atoms with van der Waals surface area (Å²) in [7, 11) is -1.03. The Kier molecular flexibility index (Phi) is 10.9. The second kappa shape index (κ2) is 13.6. The number of hydrogen-bond donors (Lipinski definition) is 1. The number of nitrogens with zero attached hydrogens (tertiary/aromatic N) is 2. The van der Waals surface area contributed by atoms with Crippen molar-refractivity contribution in [2.24, 2.45) is 0 Å². The SMILES string of the molecule is COC(=O)c1c(F)c2sccc2n1COCC[Si](C)(C)C.C[Si](C)(C)CCOCn1c(C(=O)O)cc2sccc21. The molecular formula is C27H39FN2O6S2Si2. The van der Waals surface area contributed by atoms with Crippen molar-refractivity contribution >= 4 is 71.2 Å². The van der Waals surface area contributed by atoms with Crippen LogP contribution in [0, 0.1) is 5.82 Å². The molecular weight excluding hydrogens is 588 g/mol. The molecule has 0 amide bonds. The van der Waals surface area contributed by atoms with E-state index in [0.717, 1.165) is 22.3 Å². The van der Waals surface area contributed by atoms with Gasteiger partial charge in [0.2, 0.25) is 0 Å². The van der Waals surface area contributed by atoms with Crippen molar-refractivity contribution in [1.29, 1.82) is 0 Å². The Morgan fingerprint density at radius 1 is 0.900 bits per heavy atom. The third kappa shape index (κ3) is 8.36. The van der Waals surface area contributed by atoms with Gasteiger partial charge < -0.3 is 28.5 Å². The van der Waals surface area contributed by atoms with Gasteiger partial charge >= 0.3 is 11.9 Å². The van der Waals surface area contributed by atoms with Gasteiger partial charge in [0.15, 0.2) is 11.5 Å². The summed E-state index contributed by atoms with van der Waals surface area (Å²) in [6.45, 7) is 15.5. The number of esters is 1. The highest BCUT2D eigenvalue weighted by atomic mass is 32.1. The number of hydrogen-bond acceptors (Lipinski definition) is 7. The lowest BCUT2D eigenvalue weighted by atomic mass is 10.4. The highest BCUT2D eigenvalue weighted by Gasteiger charge is 2.25. The molecule has 0 fully saturated rings. The Morgan fingerprint density at radius 3 is 2.00 bits per heavy atom. The maximum absolute atomic E-state index is 14.3. The molecule has 4 aromatic heterocycles. The van der Waals surface area contributed by atoms with Crippen LogP contribution in [0.4, 0.5) is 4.39 Å². The number of carboxylic acids is 1. The molecule has 13 heteroatoms. The Balaban J connectivity index is 0.000000222. The molecule has 0 atom stereocenters. The fraction of sp³-hybridized carbons (Fsp3) is 0.481. The fourth-order valence-corrected chi connectivity index (χ4v) is 6.99. The maximum Gasteiger partial charge on any atom is 0.357 e. The largest absolute Gasteiger partial charge is 0.477 e. The zero-order valence-corrected chi connectivity index (χ0v) is 27.8. The van der Waals surface area contributed by atoms with Crippen LogP contribution in [-0.2, 0) is 27.7 Å². The number of halogens is 1. The molecule has 0 unspecified atom stereocenters. The average molecular weight is 627 g/mol. The zero-order chi connectivity index (χ0) is 29.7. The Bertz CT molecular complexity index is 1440. The van der Waals surface area contributed by atoms with E-state index in [0.29, 0.717) is 35.9 Å². The number of carboxylic acid groups (broad SMARTS) is 1. The van der Waals surface area contributed by atoms with Crippen molar-refractivity contribution in [3.8, 4) is 0 Å². The molecule has 220 valence electrons. The van der Waals surface area contributed by atoms with Crippen LogP contribution in [0.3, 0.4) is 0 Å². The first-order chi connectivity index (χ1) is 18.7. The number of rotatable bonds is 12. The number of ether oxygens (including phenoxy) is 3. The lowest BCUT2D eigenvalue weighted by Crippen LogP contribution is -2.22. The minimum Gasteiger partial charge on any atom is -0.477 e. The van der Waals surface area contributed by atoms with Crippen LogP contribution in [0.1, 0.15) is 21.0 Å². The van der Waals surface area contributed by atoms with E-state index in [9.17, 15) is 19.1 Å². The average Bonchev–Trinajstić information content (AvgIpc) is 3.62. The normalized spacial score (nSPS) is 12.1. The molecule has 0 saturated heterocycles. The molecule has 0 spiro atoms. The molecule has 0 radical (unpaired) electrons. The van der Waals surface area contributed by atoms with Gasteiger partial charge in [0.1, 0.15) is 19.2 Å². The summed E-state index contributed by atoms with van der Waals surface area (Å²) in [6.07, 6.45) is 0. The minimum absolute atomic E-state index is 0.0626. The quantitative estimate of drug-likeness (QED) is 0.0987. The van der Waals surface area contributed by atoms with E-state index in [1.165, 1.54) is 18.4 Å². The Hall–Kier alpha value is -2.30. The van der Waals surface area contributed by atoms with Crippen LogP contribution in [0.5, 0.6) is 0 Å². The lowest BCUT2D eigenvalue weighted by molar-refractivity contribution is 0.0537. The topological polar surface area (TPSA) is 91.9 Å². The molecule has 0 aromatic carbocycles. The van der Waals surface area contributed by atoms with Crippen molar-refractivity contribution in [3.63, 3.8) is 0 Å². The summed E-state index contributed by atoms with van der Waals surface area (Å²) in [5, 5.41) is 13.0. The maximum atomic E-state index is 14.3. The predicted molar refractivity (Wildman–Crippen MR) is 166 cm³/mol. The number of aromatic carboxylic acids is 1. The molecule has 0 bridgehead atoms. The predicted octanol–water partition coefficient (Wildman–Crippen LogP) is 7.65. The van der Waals surface area contributed by atoms with E-state index >= 15 is 0 Å². The van der Waals surface area contributed by atoms with Crippen molar-refractivity contribution in [3.05, 3.63) is 46.2 Å². The van der Waals surface area contributed by atoms with Crippen LogP contribution in [0.2, 0.25) is 51.4 Å². The van der Waals surface area contributed by atoms with Gasteiger partial charge in [0, 0.05) is 29.4 Å². The molecule has 0 aliphatic rings. The molecule has 0 aliphatic carbocycles. The van der Waals surface area contributed by atoms with Gasteiger partial charge in [0.05, 0.1) is 27.5 Å². The molecule has 40 heavy (non-hydrogen) atoms. The lowest BCUT2D eigenvalue weighted by Gasteiger charge is -2.16. The molecule has 0 saturated carbocycles. The first-order valence-electron chi connectivity index (χ1n) is 13.0. The first kappa shape index (κ1) is 32.2. The third-order valence-electron chi connectivity index (χ3n) is 6.17. The monoisotopic (exact) mass is 626 g/mol. The standard InChI is InChI=1S/C14H20FNO3SSi.C13H19NO3SSi/c1-18-14(17)12-11(15)13-10(5-7-20-13)16(12)9-19-6-8-21(2,3)4;1-19(2,3)7-5-17-9-14-10-4-6-18-12(10)8-11(14)13(15)16/h5,7H,6,8-9H2,1-4H3;4,6,8H,5,7,9H2,1-3H3,(H,15,16).